The van der Waals surface area contributed by atoms with Crippen molar-refractivity contribution in [3.63, 3.8) is 0 Å². The van der Waals surface area contributed by atoms with Crippen molar-refractivity contribution >= 4 is 34.4 Å². The number of aromatic amines is 1. The highest BCUT2D eigenvalue weighted by Gasteiger charge is 2.27. The average Bonchev–Trinajstić information content (AvgIpc) is 3.36. The second kappa shape index (κ2) is 10.8. The lowest BCUT2D eigenvalue weighted by molar-refractivity contribution is -0.115. The van der Waals surface area contributed by atoms with Gasteiger partial charge in [0.1, 0.15) is 5.82 Å². The molecule has 2 N–H and O–H groups in total. The number of carbonyl (C=O) groups is 3. The molecular weight excluding hydrogens is 487 g/mol. The van der Waals surface area contributed by atoms with E-state index in [0.29, 0.717) is 41.2 Å². The van der Waals surface area contributed by atoms with Gasteiger partial charge < -0.3 is 15.0 Å². The zero-order valence-corrected chi connectivity index (χ0v) is 20.9. The Labute approximate surface area is 218 Å². The van der Waals surface area contributed by atoms with Gasteiger partial charge in [-0.1, -0.05) is 24.3 Å². The Morgan fingerprint density at radius 2 is 1.74 bits per heavy atom. The van der Waals surface area contributed by atoms with E-state index < -0.39 is 11.8 Å². The molecule has 0 atom stereocenters. The van der Waals surface area contributed by atoms with Crippen LogP contribution in [0.5, 0.6) is 0 Å². The summed E-state index contributed by atoms with van der Waals surface area (Å²) < 4.78 is 18.4. The lowest BCUT2D eigenvalue weighted by atomic mass is 9.89. The maximum absolute atomic E-state index is 13.7. The molecule has 38 heavy (non-hydrogen) atoms. The van der Waals surface area contributed by atoms with Crippen LogP contribution in [0.4, 0.5) is 10.1 Å². The van der Waals surface area contributed by atoms with Crippen molar-refractivity contribution in [2.75, 3.05) is 25.5 Å². The Morgan fingerprint density at radius 3 is 2.42 bits per heavy atom. The van der Waals surface area contributed by atoms with E-state index in [1.165, 1.54) is 19.2 Å². The van der Waals surface area contributed by atoms with E-state index in [-0.39, 0.29) is 23.9 Å². The van der Waals surface area contributed by atoms with Crippen LogP contribution in [-0.2, 0) is 16.0 Å². The first kappa shape index (κ1) is 25.1. The summed E-state index contributed by atoms with van der Waals surface area (Å²) in [5.74, 6) is -0.869. The molecule has 9 heteroatoms. The molecule has 0 aliphatic carbocycles. The summed E-state index contributed by atoms with van der Waals surface area (Å²) in [4.78, 5) is 38.8. The zero-order valence-electron chi connectivity index (χ0n) is 20.9. The van der Waals surface area contributed by atoms with Crippen molar-refractivity contribution in [3.8, 4) is 0 Å². The highest BCUT2D eigenvalue weighted by Crippen LogP contribution is 2.30. The normalized spacial score (nSPS) is 13.9. The van der Waals surface area contributed by atoms with Gasteiger partial charge in [-0.05, 0) is 72.4 Å². The van der Waals surface area contributed by atoms with Gasteiger partial charge in [-0.25, -0.2) is 9.18 Å². The van der Waals surface area contributed by atoms with Crippen LogP contribution < -0.4 is 5.32 Å². The van der Waals surface area contributed by atoms with Crippen molar-refractivity contribution in [2.24, 2.45) is 0 Å². The standard InChI is InChI=1S/C29H27FN4O4/c1-38-29(37)21-4-2-18(3-5-21)16-26(35)31-23-9-6-19(7-10-23)20-12-14-34(15-13-20)28(36)27-24-17-22(30)8-11-25(24)32-33-27/h2-11,17,20H,12-16H2,1H3,(H,31,35)(H,32,33). The third-order valence-corrected chi connectivity index (χ3v) is 6.92. The number of halogens is 1. The molecule has 1 aliphatic rings. The molecule has 1 saturated heterocycles. The summed E-state index contributed by atoms with van der Waals surface area (Å²) in [5, 5.41) is 10.3. The molecule has 0 radical (unpaired) electrons. The molecule has 5 rings (SSSR count). The molecule has 194 valence electrons. The van der Waals surface area contributed by atoms with E-state index in [4.69, 9.17) is 0 Å². The summed E-state index contributed by atoms with van der Waals surface area (Å²) in [6.45, 7) is 1.17. The van der Waals surface area contributed by atoms with Gasteiger partial charge >= 0.3 is 5.97 Å². The largest absolute Gasteiger partial charge is 0.465 e. The molecule has 0 saturated carbocycles. The monoisotopic (exact) mass is 514 g/mol. The summed E-state index contributed by atoms with van der Waals surface area (Å²) in [6, 6.07) is 18.8. The van der Waals surface area contributed by atoms with E-state index in [1.54, 1.807) is 35.2 Å². The quantitative estimate of drug-likeness (QED) is 0.363. The Hall–Kier alpha value is -4.53. The molecule has 1 fully saturated rings. The van der Waals surface area contributed by atoms with Gasteiger partial charge in [0.05, 0.1) is 24.6 Å². The molecule has 1 aliphatic heterocycles. The predicted molar refractivity (Wildman–Crippen MR) is 140 cm³/mol. The number of ether oxygens (including phenoxy) is 1. The van der Waals surface area contributed by atoms with Gasteiger partial charge in [0, 0.05) is 24.2 Å². The molecule has 0 unspecified atom stereocenters. The average molecular weight is 515 g/mol. The number of amides is 2. The van der Waals surface area contributed by atoms with Crippen LogP contribution in [-0.4, -0.2) is 53.1 Å². The molecular formula is C29H27FN4O4. The summed E-state index contributed by atoms with van der Waals surface area (Å²) in [6.07, 6.45) is 1.79. The molecule has 8 nitrogen and oxygen atoms in total. The number of methoxy groups -OCH3 is 1. The minimum atomic E-state index is -0.415. The van der Waals surface area contributed by atoms with Crippen LogP contribution in [0, 0.1) is 5.82 Å². The number of nitrogens with zero attached hydrogens (tertiary/aromatic N) is 2. The van der Waals surface area contributed by atoms with Crippen molar-refractivity contribution in [2.45, 2.75) is 25.2 Å². The van der Waals surface area contributed by atoms with Crippen molar-refractivity contribution in [1.29, 1.82) is 0 Å². The number of carbonyl (C=O) groups excluding carboxylic acids is 3. The zero-order chi connectivity index (χ0) is 26.6. The highest BCUT2D eigenvalue weighted by atomic mass is 19.1. The highest BCUT2D eigenvalue weighted by molar-refractivity contribution is 6.04. The lowest BCUT2D eigenvalue weighted by Crippen LogP contribution is -2.38. The first-order valence-electron chi connectivity index (χ1n) is 12.4. The smallest absolute Gasteiger partial charge is 0.337 e. The van der Waals surface area contributed by atoms with E-state index >= 15 is 0 Å². The first-order chi connectivity index (χ1) is 18.4. The number of hydrogen-bond acceptors (Lipinski definition) is 5. The fourth-order valence-electron chi connectivity index (χ4n) is 4.82. The van der Waals surface area contributed by atoms with E-state index in [0.717, 1.165) is 24.0 Å². The predicted octanol–water partition coefficient (Wildman–Crippen LogP) is 4.69. The molecule has 0 spiro atoms. The van der Waals surface area contributed by atoms with E-state index in [1.807, 2.05) is 24.3 Å². The molecule has 0 bridgehead atoms. The Bertz CT molecular complexity index is 1470. The van der Waals surface area contributed by atoms with Crippen molar-refractivity contribution < 1.29 is 23.5 Å². The molecule has 4 aromatic rings. The number of aromatic nitrogens is 2. The van der Waals surface area contributed by atoms with Crippen LogP contribution in [0.2, 0.25) is 0 Å². The van der Waals surface area contributed by atoms with Crippen LogP contribution in [0.15, 0.2) is 66.7 Å². The van der Waals surface area contributed by atoms with Crippen LogP contribution in [0.25, 0.3) is 10.9 Å². The van der Waals surface area contributed by atoms with E-state index in [9.17, 15) is 18.8 Å². The maximum atomic E-state index is 13.7. The second-order valence-electron chi connectivity index (χ2n) is 9.36. The minimum Gasteiger partial charge on any atom is -0.465 e. The Kier molecular flexibility index (Phi) is 7.17. The maximum Gasteiger partial charge on any atom is 0.337 e. The fourth-order valence-corrected chi connectivity index (χ4v) is 4.82. The summed E-state index contributed by atoms with van der Waals surface area (Å²) in [7, 11) is 1.33. The van der Waals surface area contributed by atoms with Gasteiger partial charge in [0.15, 0.2) is 5.69 Å². The van der Waals surface area contributed by atoms with Crippen LogP contribution in [0.1, 0.15) is 50.7 Å². The molecule has 3 aromatic carbocycles. The lowest BCUT2D eigenvalue weighted by Gasteiger charge is -2.32. The Balaban J connectivity index is 1.14. The number of anilines is 1. The van der Waals surface area contributed by atoms with Crippen molar-refractivity contribution in [1.82, 2.24) is 15.1 Å². The molecule has 1 aromatic heterocycles. The number of rotatable bonds is 6. The van der Waals surface area contributed by atoms with Gasteiger partial charge in [0.25, 0.3) is 5.91 Å². The number of esters is 1. The van der Waals surface area contributed by atoms with Gasteiger partial charge in [-0.3, -0.25) is 14.7 Å². The number of fused-ring (bicyclic) bond motifs is 1. The third kappa shape index (κ3) is 5.41. The SMILES string of the molecule is COC(=O)c1ccc(CC(=O)Nc2ccc(C3CCN(C(=O)c4n[nH]c5ccc(F)cc45)CC3)cc2)cc1. The van der Waals surface area contributed by atoms with Gasteiger partial charge in [-0.15, -0.1) is 0 Å². The van der Waals surface area contributed by atoms with Gasteiger partial charge in [0.2, 0.25) is 5.91 Å². The number of nitrogens with one attached hydrogen (secondary N) is 2. The molecule has 2 amide bonds. The van der Waals surface area contributed by atoms with Crippen LogP contribution in [0.3, 0.4) is 0 Å². The number of piperidine rings is 1. The minimum absolute atomic E-state index is 0.152. The summed E-state index contributed by atoms with van der Waals surface area (Å²) in [5.41, 5.74) is 3.97. The number of benzene rings is 3. The first-order valence-corrected chi connectivity index (χ1v) is 12.4. The Morgan fingerprint density at radius 1 is 1.03 bits per heavy atom. The number of hydrogen-bond donors (Lipinski definition) is 2. The fraction of sp³-hybridized carbons (Fsp3) is 0.241. The van der Waals surface area contributed by atoms with Crippen LogP contribution >= 0.6 is 0 Å². The molecule has 2 heterocycles. The second-order valence-corrected chi connectivity index (χ2v) is 9.36. The summed E-state index contributed by atoms with van der Waals surface area (Å²) >= 11 is 0. The van der Waals surface area contributed by atoms with Gasteiger partial charge in [-0.2, -0.15) is 5.10 Å². The topological polar surface area (TPSA) is 104 Å². The number of H-pyrrole nitrogens is 1. The number of likely N-dealkylation sites (tertiary alicyclic amines) is 1. The third-order valence-electron chi connectivity index (χ3n) is 6.92. The van der Waals surface area contributed by atoms with Crippen molar-refractivity contribution in [3.05, 3.63) is 94.9 Å². The van der Waals surface area contributed by atoms with E-state index in [2.05, 4.69) is 20.3 Å².